The van der Waals surface area contributed by atoms with Crippen LogP contribution in [-0.4, -0.2) is 41.0 Å². The van der Waals surface area contributed by atoms with E-state index in [2.05, 4.69) is 20.9 Å². The van der Waals surface area contributed by atoms with Gasteiger partial charge in [0.05, 0.1) is 16.9 Å². The fraction of sp³-hybridized carbons (Fsp3) is 0.130. The van der Waals surface area contributed by atoms with Crippen LogP contribution < -0.4 is 10.6 Å². The molecule has 0 spiro atoms. The molecule has 0 aliphatic carbocycles. The van der Waals surface area contributed by atoms with Gasteiger partial charge < -0.3 is 10.6 Å². The zero-order valence-corrected chi connectivity index (χ0v) is 21.4. The van der Waals surface area contributed by atoms with Crippen LogP contribution in [0, 0.1) is 0 Å². The largest absolute Gasteiger partial charge is 0.362 e. The Bertz CT molecular complexity index is 1410. The first kappa shape index (κ1) is 25.9. The van der Waals surface area contributed by atoms with E-state index in [1.165, 1.54) is 24.3 Å². The maximum Gasteiger partial charge on any atom is 0.269 e. The van der Waals surface area contributed by atoms with Crippen molar-refractivity contribution in [1.29, 1.82) is 0 Å². The predicted molar refractivity (Wildman–Crippen MR) is 138 cm³/mol. The van der Waals surface area contributed by atoms with Gasteiger partial charge in [-0.3, -0.25) is 9.59 Å². The summed E-state index contributed by atoms with van der Waals surface area (Å²) in [7, 11) is -4.17. The van der Waals surface area contributed by atoms with Crippen molar-refractivity contribution in [3.8, 4) is 0 Å². The van der Waals surface area contributed by atoms with Crippen molar-refractivity contribution in [2.45, 2.75) is 14.9 Å². The molecule has 0 saturated heterocycles. The summed E-state index contributed by atoms with van der Waals surface area (Å²) in [5, 5.41) is 13.6. The Morgan fingerprint density at radius 3 is 2.08 bits per heavy atom. The number of nitrogens with one attached hydrogen (secondary N) is 2. The van der Waals surface area contributed by atoms with Crippen molar-refractivity contribution in [3.05, 3.63) is 84.4 Å². The second kappa shape index (κ2) is 10.4. The third-order valence-electron chi connectivity index (χ3n) is 5.05. The van der Waals surface area contributed by atoms with Gasteiger partial charge in [0.2, 0.25) is 9.70 Å². The van der Waals surface area contributed by atoms with Crippen molar-refractivity contribution < 1.29 is 18.0 Å². The number of benzene rings is 3. The number of azo groups is 1. The fourth-order valence-electron chi connectivity index (χ4n) is 3.33. The minimum absolute atomic E-state index is 0.00847. The summed E-state index contributed by atoms with van der Waals surface area (Å²) in [4.78, 5) is 25.1. The highest BCUT2D eigenvalue weighted by Crippen LogP contribution is 2.32. The average Bonchev–Trinajstić information content (AvgIpc) is 3.04. The van der Waals surface area contributed by atoms with E-state index in [4.69, 9.17) is 34.8 Å². The number of fused-ring (bicyclic) bond motifs is 1. The van der Waals surface area contributed by atoms with Crippen LogP contribution >= 0.6 is 34.8 Å². The van der Waals surface area contributed by atoms with Crippen LogP contribution in [0.3, 0.4) is 0 Å². The Labute approximate surface area is 222 Å². The lowest BCUT2D eigenvalue weighted by molar-refractivity contribution is -0.121. The maximum absolute atomic E-state index is 12.7. The highest BCUT2D eigenvalue weighted by molar-refractivity contribution is 7.90. The molecule has 3 aromatic rings. The molecule has 1 aliphatic rings. The summed E-state index contributed by atoms with van der Waals surface area (Å²) in [5.41, 5.74) is 1.73. The molecule has 3 aromatic carbocycles. The molecule has 2 amide bonds. The van der Waals surface area contributed by atoms with E-state index in [-0.39, 0.29) is 10.5 Å². The molecule has 0 fully saturated rings. The van der Waals surface area contributed by atoms with Crippen molar-refractivity contribution in [3.63, 3.8) is 0 Å². The minimum Gasteiger partial charge on any atom is -0.362 e. The number of rotatable bonds is 7. The zero-order chi connectivity index (χ0) is 25.9. The number of alkyl halides is 3. The molecule has 1 atom stereocenters. The van der Waals surface area contributed by atoms with Gasteiger partial charge in [-0.25, -0.2) is 12.7 Å². The molecule has 13 heteroatoms. The van der Waals surface area contributed by atoms with Gasteiger partial charge in [-0.2, -0.15) is 10.2 Å². The molecule has 9 nitrogen and oxygen atoms in total. The predicted octanol–water partition coefficient (Wildman–Crippen LogP) is 5.17. The Hall–Kier alpha value is -3.18. The van der Waals surface area contributed by atoms with E-state index in [0.29, 0.717) is 21.4 Å². The van der Waals surface area contributed by atoms with E-state index in [9.17, 15) is 18.0 Å². The molecular formula is C23H18Cl3N5O4S. The third kappa shape index (κ3) is 5.79. The normalized spacial score (nSPS) is 15.5. The van der Waals surface area contributed by atoms with Gasteiger partial charge in [-0.05, 0) is 48.5 Å². The molecule has 4 rings (SSSR count). The molecule has 2 N–H and O–H groups in total. The molecule has 0 radical (unpaired) electrons. The van der Waals surface area contributed by atoms with Gasteiger partial charge >= 0.3 is 0 Å². The number of sulfonamides is 1. The molecular weight excluding hydrogens is 549 g/mol. The first-order valence-electron chi connectivity index (χ1n) is 10.4. The van der Waals surface area contributed by atoms with Gasteiger partial charge in [0, 0.05) is 5.69 Å². The summed E-state index contributed by atoms with van der Waals surface area (Å²) in [6, 6.07) is 21.5. The quantitative estimate of drug-likeness (QED) is 0.232. The second-order valence-corrected chi connectivity index (χ2v) is 11.8. The summed E-state index contributed by atoms with van der Waals surface area (Å²) in [6.07, 6.45) is -1.26. The first-order chi connectivity index (χ1) is 17.1. The third-order valence-corrected chi connectivity index (χ3v) is 7.49. The number of hydrogen-bond donors (Lipinski definition) is 2. The molecule has 1 heterocycles. The topological polar surface area (TPSA) is 120 Å². The Balaban J connectivity index is 1.43. The standard InChI is InChI=1S/C23H18Cl3N5O4S/c24-23(25,26)22(27-15-10-12-17(13-11-15)30-29-16-6-2-1-3-7-16)28-20(32)14-31-21(33)18-8-4-5-9-19(18)36(31,34)35/h1-13,22,27H,14H2,(H,28,32)/t22-/m0/s1. The molecule has 186 valence electrons. The number of nitrogens with zero attached hydrogens (tertiary/aromatic N) is 3. The fourth-order valence-corrected chi connectivity index (χ4v) is 5.18. The summed E-state index contributed by atoms with van der Waals surface area (Å²) in [6.45, 7) is -0.784. The smallest absolute Gasteiger partial charge is 0.269 e. The number of carbonyl (C=O) groups is 2. The molecule has 0 unspecified atom stereocenters. The number of amides is 2. The number of anilines is 1. The van der Waals surface area contributed by atoms with E-state index >= 15 is 0 Å². The number of halogens is 3. The maximum atomic E-state index is 12.7. The number of carbonyl (C=O) groups excluding carboxylic acids is 2. The van der Waals surface area contributed by atoms with E-state index < -0.39 is 38.3 Å². The molecule has 0 saturated carbocycles. The zero-order valence-electron chi connectivity index (χ0n) is 18.3. The van der Waals surface area contributed by atoms with Gasteiger partial charge in [0.25, 0.3) is 15.9 Å². The SMILES string of the molecule is O=C(CN1C(=O)c2ccccc2S1(=O)=O)N[C@H](Nc1ccc(N=Nc2ccccc2)cc1)C(Cl)(Cl)Cl. The van der Waals surface area contributed by atoms with Gasteiger partial charge in [0.1, 0.15) is 17.6 Å². The van der Waals surface area contributed by atoms with Gasteiger partial charge in [-0.1, -0.05) is 65.1 Å². The van der Waals surface area contributed by atoms with Crippen LogP contribution in [0.5, 0.6) is 0 Å². The van der Waals surface area contributed by atoms with Crippen molar-refractivity contribution in [1.82, 2.24) is 9.62 Å². The lowest BCUT2D eigenvalue weighted by Crippen LogP contribution is -2.52. The van der Waals surface area contributed by atoms with E-state index in [1.54, 1.807) is 24.3 Å². The highest BCUT2D eigenvalue weighted by atomic mass is 35.6. The second-order valence-electron chi connectivity index (χ2n) is 7.58. The summed E-state index contributed by atoms with van der Waals surface area (Å²) < 4.78 is 23.9. The minimum atomic E-state index is -4.17. The highest BCUT2D eigenvalue weighted by Gasteiger charge is 2.42. The average molecular weight is 567 g/mol. The van der Waals surface area contributed by atoms with E-state index in [0.717, 1.165) is 0 Å². The van der Waals surface area contributed by atoms with E-state index in [1.807, 2.05) is 30.3 Å². The molecule has 0 bridgehead atoms. The first-order valence-corrected chi connectivity index (χ1v) is 13.0. The Kier molecular flexibility index (Phi) is 7.51. The Morgan fingerprint density at radius 1 is 0.889 bits per heavy atom. The van der Waals surface area contributed by atoms with Crippen molar-refractivity contribution in [2.24, 2.45) is 10.2 Å². The van der Waals surface area contributed by atoms with Crippen LogP contribution in [0.15, 0.2) is 94.0 Å². The lowest BCUT2D eigenvalue weighted by atomic mass is 10.2. The van der Waals surface area contributed by atoms with Crippen LogP contribution in [0.4, 0.5) is 17.1 Å². The molecule has 36 heavy (non-hydrogen) atoms. The van der Waals surface area contributed by atoms with Crippen LogP contribution in [-0.2, 0) is 14.8 Å². The van der Waals surface area contributed by atoms with Crippen LogP contribution in [0.1, 0.15) is 10.4 Å². The van der Waals surface area contributed by atoms with Crippen molar-refractivity contribution in [2.75, 3.05) is 11.9 Å². The molecule has 0 aromatic heterocycles. The monoisotopic (exact) mass is 565 g/mol. The molecule has 1 aliphatic heterocycles. The van der Waals surface area contributed by atoms with Crippen LogP contribution in [0.2, 0.25) is 0 Å². The van der Waals surface area contributed by atoms with Crippen molar-refractivity contribution >= 4 is 73.7 Å². The summed E-state index contributed by atoms with van der Waals surface area (Å²) >= 11 is 18.1. The summed E-state index contributed by atoms with van der Waals surface area (Å²) in [5.74, 6) is -1.66. The Morgan fingerprint density at radius 2 is 1.47 bits per heavy atom. The van der Waals surface area contributed by atoms with Gasteiger partial charge in [-0.15, -0.1) is 0 Å². The van der Waals surface area contributed by atoms with Gasteiger partial charge in [0.15, 0.2) is 0 Å². The lowest BCUT2D eigenvalue weighted by Gasteiger charge is -2.28. The van der Waals surface area contributed by atoms with Crippen LogP contribution in [0.25, 0.3) is 0 Å². The number of hydrogen-bond acceptors (Lipinski definition) is 7.